The molecule has 0 spiro atoms. The maximum atomic E-state index is 13.3. The Labute approximate surface area is 156 Å². The molecule has 3 nitrogen and oxygen atoms in total. The van der Waals surface area contributed by atoms with Crippen LogP contribution in [0.3, 0.4) is 0 Å². The Kier molecular flexibility index (Phi) is 5.07. The summed E-state index contributed by atoms with van der Waals surface area (Å²) in [5.74, 6) is 0.190. The molecule has 26 heavy (non-hydrogen) atoms. The second-order valence-electron chi connectivity index (χ2n) is 7.78. The van der Waals surface area contributed by atoms with Gasteiger partial charge in [0.15, 0.2) is 0 Å². The van der Waals surface area contributed by atoms with Crippen molar-refractivity contribution in [1.82, 2.24) is 9.80 Å². The standard InChI is InChI=1S/C23H28N2O/c1-24-20-12-13-21(24)17-22(16-20)25(15-14-18-8-4-2-5-9-18)23(26)19-10-6-3-7-11-19/h2-11,20-22H,12-17H2,1H3/t20-,21+,22?. The van der Waals surface area contributed by atoms with Gasteiger partial charge in [-0.15, -0.1) is 0 Å². The number of hydrogen-bond donors (Lipinski definition) is 0. The van der Waals surface area contributed by atoms with Crippen molar-refractivity contribution in [2.75, 3.05) is 13.6 Å². The fraction of sp³-hybridized carbons (Fsp3) is 0.435. The largest absolute Gasteiger partial charge is 0.335 e. The highest BCUT2D eigenvalue weighted by molar-refractivity contribution is 5.94. The van der Waals surface area contributed by atoms with Gasteiger partial charge in [-0.25, -0.2) is 0 Å². The normalized spacial score (nSPS) is 25.2. The summed E-state index contributed by atoms with van der Waals surface area (Å²) >= 11 is 0. The Morgan fingerprint density at radius 2 is 1.54 bits per heavy atom. The van der Waals surface area contributed by atoms with E-state index in [1.807, 2.05) is 36.4 Å². The number of nitrogens with zero attached hydrogens (tertiary/aromatic N) is 2. The summed E-state index contributed by atoms with van der Waals surface area (Å²) in [7, 11) is 2.26. The SMILES string of the molecule is CN1[C@@H]2CC[C@H]1CC(N(CCc1ccccc1)C(=O)c1ccccc1)C2. The first-order valence-electron chi connectivity index (χ1n) is 9.84. The predicted octanol–water partition coefficient (Wildman–Crippen LogP) is 4.00. The van der Waals surface area contributed by atoms with E-state index in [0.29, 0.717) is 18.1 Å². The van der Waals surface area contributed by atoms with Crippen LogP contribution in [-0.2, 0) is 6.42 Å². The van der Waals surface area contributed by atoms with E-state index in [1.165, 1.54) is 18.4 Å². The molecule has 0 aromatic heterocycles. The summed E-state index contributed by atoms with van der Waals surface area (Å²) in [5.41, 5.74) is 2.11. The van der Waals surface area contributed by atoms with Crippen LogP contribution in [0, 0.1) is 0 Å². The van der Waals surface area contributed by atoms with E-state index in [0.717, 1.165) is 31.4 Å². The number of benzene rings is 2. The van der Waals surface area contributed by atoms with Crippen LogP contribution in [0.15, 0.2) is 60.7 Å². The summed E-state index contributed by atoms with van der Waals surface area (Å²) in [6.45, 7) is 0.797. The van der Waals surface area contributed by atoms with Gasteiger partial charge in [0, 0.05) is 30.2 Å². The maximum absolute atomic E-state index is 13.3. The van der Waals surface area contributed by atoms with Gasteiger partial charge in [-0.2, -0.15) is 0 Å². The predicted molar refractivity (Wildman–Crippen MR) is 105 cm³/mol. The first-order chi connectivity index (χ1) is 12.7. The molecule has 2 aromatic rings. The van der Waals surface area contributed by atoms with Gasteiger partial charge in [0.25, 0.3) is 5.91 Å². The van der Waals surface area contributed by atoms with Crippen LogP contribution in [0.25, 0.3) is 0 Å². The van der Waals surface area contributed by atoms with Crippen molar-refractivity contribution in [3.05, 3.63) is 71.8 Å². The van der Waals surface area contributed by atoms with Gasteiger partial charge in [-0.1, -0.05) is 48.5 Å². The molecule has 2 aliphatic heterocycles. The Hall–Kier alpha value is -2.13. The molecule has 3 heteroatoms. The highest BCUT2D eigenvalue weighted by Gasteiger charge is 2.41. The molecule has 0 radical (unpaired) electrons. The third kappa shape index (κ3) is 3.54. The van der Waals surface area contributed by atoms with E-state index in [9.17, 15) is 4.79 Å². The molecule has 1 amide bonds. The molecular weight excluding hydrogens is 320 g/mol. The first-order valence-corrected chi connectivity index (χ1v) is 9.84. The lowest BCUT2D eigenvalue weighted by molar-refractivity contribution is 0.0488. The second-order valence-corrected chi connectivity index (χ2v) is 7.78. The van der Waals surface area contributed by atoms with Crippen LogP contribution in [0.1, 0.15) is 41.6 Å². The summed E-state index contributed by atoms with van der Waals surface area (Å²) in [4.78, 5) is 18.0. The molecule has 136 valence electrons. The third-order valence-electron chi connectivity index (χ3n) is 6.28. The van der Waals surface area contributed by atoms with Crippen LogP contribution in [0.4, 0.5) is 0 Å². The summed E-state index contributed by atoms with van der Waals surface area (Å²) in [6, 6.07) is 21.9. The first kappa shape index (κ1) is 17.3. The van der Waals surface area contributed by atoms with E-state index in [4.69, 9.17) is 0 Å². The zero-order valence-corrected chi connectivity index (χ0v) is 15.6. The van der Waals surface area contributed by atoms with Gasteiger partial charge in [0.2, 0.25) is 0 Å². The quantitative estimate of drug-likeness (QED) is 0.815. The number of fused-ring (bicyclic) bond motifs is 2. The second kappa shape index (κ2) is 7.63. The van der Waals surface area contributed by atoms with Gasteiger partial charge in [-0.3, -0.25) is 4.79 Å². The van der Waals surface area contributed by atoms with Crippen LogP contribution < -0.4 is 0 Å². The van der Waals surface area contributed by atoms with Crippen molar-refractivity contribution in [2.45, 2.75) is 50.2 Å². The van der Waals surface area contributed by atoms with Crippen molar-refractivity contribution < 1.29 is 4.79 Å². The van der Waals surface area contributed by atoms with Crippen LogP contribution in [0.2, 0.25) is 0 Å². The van der Waals surface area contributed by atoms with E-state index in [1.54, 1.807) is 0 Å². The monoisotopic (exact) mass is 348 g/mol. The Morgan fingerprint density at radius 1 is 0.962 bits per heavy atom. The van der Waals surface area contributed by atoms with Crippen molar-refractivity contribution in [1.29, 1.82) is 0 Å². The molecule has 2 fully saturated rings. The van der Waals surface area contributed by atoms with Crippen molar-refractivity contribution in [3.8, 4) is 0 Å². The molecular formula is C23H28N2O. The number of piperidine rings is 1. The van der Waals surface area contributed by atoms with Gasteiger partial charge in [0.1, 0.15) is 0 Å². The molecule has 1 unspecified atom stereocenters. The maximum Gasteiger partial charge on any atom is 0.254 e. The molecule has 2 saturated heterocycles. The third-order valence-corrected chi connectivity index (χ3v) is 6.28. The smallest absolute Gasteiger partial charge is 0.254 e. The van der Waals surface area contributed by atoms with Gasteiger partial charge < -0.3 is 9.80 Å². The van der Waals surface area contributed by atoms with Crippen LogP contribution in [-0.4, -0.2) is 47.4 Å². The number of rotatable bonds is 5. The van der Waals surface area contributed by atoms with E-state index >= 15 is 0 Å². The number of amides is 1. The number of carbonyl (C=O) groups excluding carboxylic acids is 1. The molecule has 2 heterocycles. The lowest BCUT2D eigenvalue weighted by atomic mass is 9.95. The lowest BCUT2D eigenvalue weighted by Gasteiger charge is -2.42. The van der Waals surface area contributed by atoms with Gasteiger partial charge in [0.05, 0.1) is 0 Å². The Morgan fingerprint density at radius 3 is 2.15 bits per heavy atom. The highest BCUT2D eigenvalue weighted by Crippen LogP contribution is 2.36. The summed E-state index contributed by atoms with van der Waals surface area (Å²) in [5, 5.41) is 0. The van der Waals surface area contributed by atoms with E-state index in [2.05, 4.69) is 41.1 Å². The zero-order chi connectivity index (χ0) is 17.9. The fourth-order valence-electron chi connectivity index (χ4n) is 4.73. The number of hydrogen-bond acceptors (Lipinski definition) is 2. The summed E-state index contributed by atoms with van der Waals surface area (Å²) in [6.07, 6.45) is 5.70. The fourth-order valence-corrected chi connectivity index (χ4v) is 4.73. The van der Waals surface area contributed by atoms with Crippen molar-refractivity contribution >= 4 is 5.91 Å². The molecule has 0 aliphatic carbocycles. The van der Waals surface area contributed by atoms with Crippen LogP contribution in [0.5, 0.6) is 0 Å². The minimum atomic E-state index is 0.190. The molecule has 2 aliphatic rings. The molecule has 2 aromatic carbocycles. The minimum Gasteiger partial charge on any atom is -0.335 e. The minimum absolute atomic E-state index is 0.190. The summed E-state index contributed by atoms with van der Waals surface area (Å²) < 4.78 is 0. The average Bonchev–Trinajstić information content (AvgIpc) is 2.90. The van der Waals surface area contributed by atoms with Crippen molar-refractivity contribution in [3.63, 3.8) is 0 Å². The molecule has 4 rings (SSSR count). The van der Waals surface area contributed by atoms with E-state index in [-0.39, 0.29) is 5.91 Å². The molecule has 2 bridgehead atoms. The van der Waals surface area contributed by atoms with Gasteiger partial charge in [-0.05, 0) is 56.8 Å². The Bertz CT molecular complexity index is 716. The van der Waals surface area contributed by atoms with E-state index < -0.39 is 0 Å². The van der Waals surface area contributed by atoms with Gasteiger partial charge >= 0.3 is 0 Å². The number of carbonyl (C=O) groups is 1. The highest BCUT2D eigenvalue weighted by atomic mass is 16.2. The Balaban J connectivity index is 1.54. The van der Waals surface area contributed by atoms with Crippen molar-refractivity contribution in [2.24, 2.45) is 0 Å². The topological polar surface area (TPSA) is 23.6 Å². The average molecular weight is 348 g/mol. The lowest BCUT2D eigenvalue weighted by Crippen LogP contribution is -2.51. The molecule has 3 atom stereocenters. The molecule has 0 N–H and O–H groups in total. The molecule has 0 saturated carbocycles. The zero-order valence-electron chi connectivity index (χ0n) is 15.6. The van der Waals surface area contributed by atoms with Crippen LogP contribution >= 0.6 is 0 Å².